The molecular weight excluding hydrogens is 516 g/mol. The molecule has 4 atom stereocenters. The van der Waals surface area contributed by atoms with Crippen molar-refractivity contribution in [3.8, 4) is 0 Å². The third kappa shape index (κ3) is 6.43. The highest BCUT2D eigenvalue weighted by Gasteiger charge is 2.37. The number of rotatable bonds is 5. The van der Waals surface area contributed by atoms with Crippen LogP contribution in [0.1, 0.15) is 60.4 Å². The van der Waals surface area contributed by atoms with Crippen LogP contribution >= 0.6 is 11.6 Å². The van der Waals surface area contributed by atoms with Crippen molar-refractivity contribution < 1.29 is 29.1 Å². The van der Waals surface area contributed by atoms with E-state index >= 15 is 0 Å². The van der Waals surface area contributed by atoms with Crippen LogP contribution in [0.3, 0.4) is 0 Å². The zero-order chi connectivity index (χ0) is 27.8. The summed E-state index contributed by atoms with van der Waals surface area (Å²) < 4.78 is 12.7. The lowest BCUT2D eigenvalue weighted by molar-refractivity contribution is -0.189. The number of imidazole rings is 1. The van der Waals surface area contributed by atoms with Gasteiger partial charge in [0.25, 0.3) is 0 Å². The Balaban J connectivity index is 1.47. The Morgan fingerprint density at radius 2 is 1.61 bits per heavy atom. The van der Waals surface area contributed by atoms with E-state index in [2.05, 4.69) is 15.0 Å². The molecule has 38 heavy (non-hydrogen) atoms. The van der Waals surface area contributed by atoms with Gasteiger partial charge >= 0.3 is 12.2 Å². The van der Waals surface area contributed by atoms with Crippen molar-refractivity contribution in [2.24, 2.45) is 0 Å². The van der Waals surface area contributed by atoms with Crippen LogP contribution in [0.15, 0.2) is 37.0 Å². The molecule has 12 nitrogen and oxygen atoms in total. The number of allylic oxidation sites excluding steroid dienone is 1. The summed E-state index contributed by atoms with van der Waals surface area (Å²) >= 11 is 6.15. The largest absolute Gasteiger partial charge is 0.442 e. The molecule has 2 heterocycles. The molecule has 0 aliphatic heterocycles. The van der Waals surface area contributed by atoms with Crippen LogP contribution in [0.2, 0.25) is 5.15 Å². The lowest BCUT2D eigenvalue weighted by Crippen LogP contribution is -2.45. The highest BCUT2D eigenvalue weighted by Crippen LogP contribution is 2.32. The van der Waals surface area contributed by atoms with Gasteiger partial charge in [-0.15, -0.1) is 0 Å². The first-order chi connectivity index (χ1) is 17.7. The van der Waals surface area contributed by atoms with Crippen LogP contribution in [0.4, 0.5) is 9.59 Å². The fraction of sp³-hybridized carbons (Fsp3) is 0.560. The summed E-state index contributed by atoms with van der Waals surface area (Å²) in [7, 11) is 0. The van der Waals surface area contributed by atoms with Crippen molar-refractivity contribution in [1.82, 2.24) is 29.6 Å². The standard InChI is InChI=1S/C25H33ClN6O6/c1-24(2,3)36-22(33)31(35)16-9-10-18(12-16)38-32(23(34)37-25(4,5)6)17-8-7-15(11-17)30-14-29-19-20(26)27-13-28-21(19)30/h7-10,13-18,35H,11-12H2,1-6H3/t15-,16+,17+,18-/m0/s1. The average molecular weight is 549 g/mol. The third-order valence-electron chi connectivity index (χ3n) is 5.75. The summed E-state index contributed by atoms with van der Waals surface area (Å²) in [5.41, 5.74) is -0.433. The summed E-state index contributed by atoms with van der Waals surface area (Å²) in [5, 5.41) is 12.4. The molecule has 0 saturated carbocycles. The zero-order valence-electron chi connectivity index (χ0n) is 22.2. The Labute approximate surface area is 225 Å². The van der Waals surface area contributed by atoms with Crippen molar-refractivity contribution >= 4 is 35.0 Å². The molecule has 0 fully saturated rings. The molecule has 0 unspecified atom stereocenters. The van der Waals surface area contributed by atoms with E-state index < -0.39 is 41.6 Å². The minimum Gasteiger partial charge on any atom is -0.442 e. The van der Waals surface area contributed by atoms with E-state index in [1.165, 1.54) is 11.4 Å². The first-order valence-electron chi connectivity index (χ1n) is 12.3. The van der Waals surface area contributed by atoms with Crippen LogP contribution in [0, 0.1) is 0 Å². The average Bonchev–Trinajstić information content (AvgIpc) is 3.54. The number of hydrogen-bond donors (Lipinski definition) is 1. The van der Waals surface area contributed by atoms with E-state index in [9.17, 15) is 14.8 Å². The number of nitrogens with zero attached hydrogens (tertiary/aromatic N) is 6. The van der Waals surface area contributed by atoms with Gasteiger partial charge in [-0.2, -0.15) is 10.1 Å². The van der Waals surface area contributed by atoms with Crippen LogP contribution < -0.4 is 0 Å². The van der Waals surface area contributed by atoms with E-state index in [4.69, 9.17) is 25.9 Å². The Morgan fingerprint density at radius 1 is 0.947 bits per heavy atom. The topological polar surface area (TPSA) is 132 Å². The second-order valence-corrected chi connectivity index (χ2v) is 11.6. The van der Waals surface area contributed by atoms with E-state index in [1.54, 1.807) is 60.0 Å². The van der Waals surface area contributed by atoms with E-state index in [1.807, 2.05) is 16.7 Å². The van der Waals surface area contributed by atoms with Crippen molar-refractivity contribution in [3.05, 3.63) is 42.1 Å². The second kappa shape index (κ2) is 10.5. The quantitative estimate of drug-likeness (QED) is 0.241. The first-order valence-corrected chi connectivity index (χ1v) is 12.7. The van der Waals surface area contributed by atoms with Gasteiger partial charge in [0, 0.05) is 6.42 Å². The number of carbonyl (C=O) groups is 2. The van der Waals surface area contributed by atoms with Crippen LogP contribution in [0.5, 0.6) is 0 Å². The van der Waals surface area contributed by atoms with Gasteiger partial charge in [-0.05, 0) is 48.0 Å². The Hall–Kier alpha value is -3.22. The number of halogens is 1. The Bertz CT molecular complexity index is 1250. The predicted molar refractivity (Wildman–Crippen MR) is 137 cm³/mol. The van der Waals surface area contributed by atoms with Crippen molar-refractivity contribution in [2.75, 3.05) is 0 Å². The lowest BCUT2D eigenvalue weighted by atomic mass is 10.2. The number of hydrogen-bond acceptors (Lipinski definition) is 9. The van der Waals surface area contributed by atoms with E-state index in [0.717, 1.165) is 0 Å². The van der Waals surface area contributed by atoms with Crippen molar-refractivity contribution in [2.45, 2.75) is 89.8 Å². The number of amides is 2. The monoisotopic (exact) mass is 548 g/mol. The van der Waals surface area contributed by atoms with Gasteiger partial charge in [-0.1, -0.05) is 35.9 Å². The summed E-state index contributed by atoms with van der Waals surface area (Å²) in [6.07, 6.45) is 8.70. The van der Waals surface area contributed by atoms with Crippen molar-refractivity contribution in [3.63, 3.8) is 0 Å². The molecular formula is C25H33ClN6O6. The molecule has 0 radical (unpaired) electrons. The first kappa shape index (κ1) is 27.8. The van der Waals surface area contributed by atoms with Gasteiger partial charge in [0.05, 0.1) is 24.5 Å². The van der Waals surface area contributed by atoms with Crippen LogP contribution in [0.25, 0.3) is 11.2 Å². The highest BCUT2D eigenvalue weighted by atomic mass is 35.5. The molecule has 4 rings (SSSR count). The fourth-order valence-corrected chi connectivity index (χ4v) is 4.34. The fourth-order valence-electron chi connectivity index (χ4n) is 4.17. The molecule has 0 spiro atoms. The molecule has 1 N–H and O–H groups in total. The van der Waals surface area contributed by atoms with Gasteiger partial charge in [-0.25, -0.2) is 24.5 Å². The molecule has 0 bridgehead atoms. The van der Waals surface area contributed by atoms with Gasteiger partial charge in [0.15, 0.2) is 10.8 Å². The van der Waals surface area contributed by atoms with E-state index in [-0.39, 0.29) is 17.6 Å². The number of fused-ring (bicyclic) bond motifs is 1. The second-order valence-electron chi connectivity index (χ2n) is 11.2. The maximum atomic E-state index is 13.2. The summed E-state index contributed by atoms with van der Waals surface area (Å²) in [6, 6.07) is -1.31. The molecule has 0 saturated heterocycles. The number of ether oxygens (including phenoxy) is 2. The SMILES string of the molecule is CC(C)(C)OC(=O)N(O)[C@@H]1C=C[C@H](ON(C(=O)OC(C)(C)C)[C@@H]2C=C[C@H](n3cnc4c(Cl)ncnc43)C2)C1. The Kier molecular flexibility index (Phi) is 7.69. The minimum atomic E-state index is -0.866. The van der Waals surface area contributed by atoms with Crippen LogP contribution in [-0.2, 0) is 14.3 Å². The molecule has 2 aliphatic rings. The van der Waals surface area contributed by atoms with Crippen LogP contribution in [-0.4, -0.2) is 76.4 Å². The number of hydroxylamine groups is 4. The third-order valence-corrected chi connectivity index (χ3v) is 6.03. The molecule has 0 aromatic carbocycles. The maximum Gasteiger partial charge on any atom is 0.435 e. The maximum absolute atomic E-state index is 13.2. The van der Waals surface area contributed by atoms with E-state index in [0.29, 0.717) is 22.6 Å². The smallest absolute Gasteiger partial charge is 0.435 e. The predicted octanol–water partition coefficient (Wildman–Crippen LogP) is 4.84. The van der Waals surface area contributed by atoms with Gasteiger partial charge in [0.1, 0.15) is 29.2 Å². The Morgan fingerprint density at radius 3 is 2.29 bits per heavy atom. The zero-order valence-corrected chi connectivity index (χ0v) is 23.0. The summed E-state index contributed by atoms with van der Waals surface area (Å²) in [4.78, 5) is 44.2. The van der Waals surface area contributed by atoms with Gasteiger partial charge < -0.3 is 14.0 Å². The highest BCUT2D eigenvalue weighted by molar-refractivity contribution is 6.33. The molecule has 2 aromatic rings. The summed E-state index contributed by atoms with van der Waals surface area (Å²) in [5.74, 6) is 0. The van der Waals surface area contributed by atoms with Gasteiger partial charge in [0.2, 0.25) is 0 Å². The van der Waals surface area contributed by atoms with Crippen molar-refractivity contribution in [1.29, 1.82) is 0 Å². The molecule has 206 valence electrons. The molecule has 2 aliphatic carbocycles. The number of aromatic nitrogens is 4. The summed E-state index contributed by atoms with van der Waals surface area (Å²) in [6.45, 7) is 10.5. The van der Waals surface area contributed by atoms with Gasteiger partial charge in [-0.3, -0.25) is 10.0 Å². The molecule has 13 heteroatoms. The molecule has 2 amide bonds. The molecule has 2 aromatic heterocycles. The normalized spacial score (nSPS) is 23.2. The minimum absolute atomic E-state index is 0.170. The number of carbonyl (C=O) groups excluding carboxylic acids is 2. The lowest BCUT2D eigenvalue weighted by Gasteiger charge is -2.32.